The number of hydrogen-bond donors (Lipinski definition) is 2. The summed E-state index contributed by atoms with van der Waals surface area (Å²) >= 11 is 0. The van der Waals surface area contributed by atoms with E-state index in [-0.39, 0.29) is 0 Å². The Labute approximate surface area is 61.0 Å². The molecule has 0 saturated carbocycles. The van der Waals surface area contributed by atoms with Gasteiger partial charge in [0, 0.05) is 0 Å². The van der Waals surface area contributed by atoms with E-state index in [4.69, 9.17) is 5.11 Å². The summed E-state index contributed by atoms with van der Waals surface area (Å²) < 4.78 is 35.6. The molecule has 1 aliphatic heterocycles. The van der Waals surface area contributed by atoms with Gasteiger partial charge in [-0.05, 0) is 18.4 Å². The minimum absolute atomic E-state index is 0.708. The van der Waals surface area contributed by atoms with Crippen LogP contribution >= 0.6 is 0 Å². The van der Waals surface area contributed by atoms with Crippen molar-refractivity contribution in [2.75, 3.05) is 0 Å². The van der Waals surface area contributed by atoms with E-state index in [1.807, 2.05) is 0 Å². The number of dihydropyridines is 1. The highest BCUT2D eigenvalue weighted by molar-refractivity contribution is 5.27. The molecular weight excluding hydrogens is 159 g/mol. The summed E-state index contributed by atoms with van der Waals surface area (Å²) in [5.41, 5.74) is -0.830. The molecule has 0 aliphatic carbocycles. The predicted octanol–water partition coefficient (Wildman–Crippen LogP) is 0.910. The number of allylic oxidation sites excluding steroid dienone is 2. The number of aliphatic hydroxyl groups is 1. The van der Waals surface area contributed by atoms with Gasteiger partial charge < -0.3 is 10.4 Å². The number of nitrogens with one attached hydrogen (secondary N) is 1. The topological polar surface area (TPSA) is 32.3 Å². The molecule has 1 unspecified atom stereocenters. The highest BCUT2D eigenvalue weighted by Crippen LogP contribution is 2.27. The SMILES string of the molecule is OC1C=C(C(F)(F)F)C=CN1. The molecule has 0 bridgehead atoms. The van der Waals surface area contributed by atoms with Gasteiger partial charge >= 0.3 is 6.18 Å². The molecule has 2 nitrogen and oxygen atoms in total. The average molecular weight is 165 g/mol. The Bertz CT molecular complexity index is 206. The van der Waals surface area contributed by atoms with Crippen molar-refractivity contribution in [1.29, 1.82) is 0 Å². The van der Waals surface area contributed by atoms with Crippen LogP contribution in [0.25, 0.3) is 0 Å². The maximum atomic E-state index is 11.9. The van der Waals surface area contributed by atoms with Crippen LogP contribution in [0.2, 0.25) is 0 Å². The van der Waals surface area contributed by atoms with Gasteiger partial charge in [-0.1, -0.05) is 0 Å². The first-order chi connectivity index (χ1) is 5.00. The molecule has 2 N–H and O–H groups in total. The van der Waals surface area contributed by atoms with Crippen LogP contribution in [0.15, 0.2) is 23.9 Å². The van der Waals surface area contributed by atoms with Crippen molar-refractivity contribution in [3.05, 3.63) is 23.9 Å². The van der Waals surface area contributed by atoms with E-state index in [0.29, 0.717) is 6.08 Å². The molecule has 5 heteroatoms. The second kappa shape index (κ2) is 2.58. The van der Waals surface area contributed by atoms with Crippen molar-refractivity contribution in [1.82, 2.24) is 5.32 Å². The number of hydrogen-bond acceptors (Lipinski definition) is 2. The molecule has 1 rings (SSSR count). The zero-order valence-corrected chi connectivity index (χ0v) is 5.39. The van der Waals surface area contributed by atoms with Gasteiger partial charge in [-0.25, -0.2) is 0 Å². The first-order valence-electron chi connectivity index (χ1n) is 2.90. The number of alkyl halides is 3. The Balaban J connectivity index is 2.80. The van der Waals surface area contributed by atoms with E-state index in [1.54, 1.807) is 0 Å². The fraction of sp³-hybridized carbons (Fsp3) is 0.333. The van der Waals surface area contributed by atoms with Gasteiger partial charge in [-0.2, -0.15) is 13.2 Å². The van der Waals surface area contributed by atoms with Crippen LogP contribution in [-0.2, 0) is 0 Å². The quantitative estimate of drug-likeness (QED) is 0.559. The summed E-state index contributed by atoms with van der Waals surface area (Å²) in [6.45, 7) is 0. The van der Waals surface area contributed by atoms with Crippen LogP contribution in [0.3, 0.4) is 0 Å². The van der Waals surface area contributed by atoms with E-state index in [9.17, 15) is 13.2 Å². The summed E-state index contributed by atoms with van der Waals surface area (Å²) in [6, 6.07) is 0. The largest absolute Gasteiger partial charge is 0.416 e. The molecule has 0 radical (unpaired) electrons. The molecule has 0 amide bonds. The van der Waals surface area contributed by atoms with Crippen molar-refractivity contribution in [2.45, 2.75) is 12.4 Å². The highest BCUT2D eigenvalue weighted by atomic mass is 19.4. The Morgan fingerprint density at radius 1 is 1.45 bits per heavy atom. The van der Waals surface area contributed by atoms with E-state index >= 15 is 0 Å². The third-order valence-corrected chi connectivity index (χ3v) is 1.19. The molecule has 1 aliphatic rings. The van der Waals surface area contributed by atoms with Gasteiger partial charge in [0.15, 0.2) is 0 Å². The van der Waals surface area contributed by atoms with Crippen molar-refractivity contribution < 1.29 is 18.3 Å². The van der Waals surface area contributed by atoms with Crippen LogP contribution in [0.1, 0.15) is 0 Å². The van der Waals surface area contributed by atoms with Crippen molar-refractivity contribution in [2.24, 2.45) is 0 Å². The van der Waals surface area contributed by atoms with Gasteiger partial charge in [0.25, 0.3) is 0 Å². The molecule has 0 aromatic heterocycles. The molecule has 11 heavy (non-hydrogen) atoms. The van der Waals surface area contributed by atoms with E-state index in [1.165, 1.54) is 0 Å². The number of halogens is 3. The minimum atomic E-state index is -4.38. The molecule has 0 saturated heterocycles. The normalized spacial score (nSPS) is 24.4. The lowest BCUT2D eigenvalue weighted by molar-refractivity contribution is -0.0895. The first-order valence-corrected chi connectivity index (χ1v) is 2.90. The van der Waals surface area contributed by atoms with Crippen molar-refractivity contribution in [3.8, 4) is 0 Å². The summed E-state index contributed by atoms with van der Waals surface area (Å²) in [7, 11) is 0. The van der Waals surface area contributed by atoms with Crippen LogP contribution < -0.4 is 5.32 Å². The zero-order valence-electron chi connectivity index (χ0n) is 5.39. The third kappa shape index (κ3) is 1.98. The first kappa shape index (κ1) is 8.13. The summed E-state index contributed by atoms with van der Waals surface area (Å²) in [6.07, 6.45) is -2.98. The Hall–Kier alpha value is -0.970. The second-order valence-corrected chi connectivity index (χ2v) is 2.06. The maximum absolute atomic E-state index is 11.9. The maximum Gasteiger partial charge on any atom is 0.416 e. The Kier molecular flexibility index (Phi) is 1.90. The summed E-state index contributed by atoms with van der Waals surface area (Å²) in [5.74, 6) is 0. The van der Waals surface area contributed by atoms with Crippen molar-refractivity contribution in [3.63, 3.8) is 0 Å². The molecule has 0 aromatic rings. The smallest absolute Gasteiger partial charge is 0.370 e. The van der Waals surface area contributed by atoms with Crippen LogP contribution in [0.5, 0.6) is 0 Å². The van der Waals surface area contributed by atoms with E-state index in [0.717, 1.165) is 12.3 Å². The average Bonchev–Trinajstić information content (AvgIpc) is 1.86. The molecule has 1 heterocycles. The Morgan fingerprint density at radius 3 is 2.45 bits per heavy atom. The molecule has 1 atom stereocenters. The van der Waals surface area contributed by atoms with Gasteiger partial charge in [0.05, 0.1) is 5.57 Å². The fourth-order valence-corrected chi connectivity index (χ4v) is 0.699. The van der Waals surface area contributed by atoms with Gasteiger partial charge in [0.1, 0.15) is 6.23 Å². The minimum Gasteiger partial charge on any atom is -0.370 e. The van der Waals surface area contributed by atoms with Gasteiger partial charge in [0.2, 0.25) is 0 Å². The van der Waals surface area contributed by atoms with Gasteiger partial charge in [-0.3, -0.25) is 0 Å². The lowest BCUT2D eigenvalue weighted by Crippen LogP contribution is -2.27. The lowest BCUT2D eigenvalue weighted by atomic mass is 10.2. The second-order valence-electron chi connectivity index (χ2n) is 2.06. The molecule has 0 spiro atoms. The zero-order chi connectivity index (χ0) is 8.48. The number of aliphatic hydroxyl groups excluding tert-OH is 1. The third-order valence-electron chi connectivity index (χ3n) is 1.19. The monoisotopic (exact) mass is 165 g/mol. The standard InChI is InChI=1S/C6H6F3NO/c7-6(8,9)4-1-2-10-5(11)3-4/h1-3,5,10-11H. The highest BCUT2D eigenvalue weighted by Gasteiger charge is 2.33. The fourth-order valence-electron chi connectivity index (χ4n) is 0.699. The molecular formula is C6H6F3NO. The van der Waals surface area contributed by atoms with E-state index in [2.05, 4.69) is 5.32 Å². The van der Waals surface area contributed by atoms with Gasteiger partial charge in [-0.15, -0.1) is 0 Å². The Morgan fingerprint density at radius 2 is 2.09 bits per heavy atom. The molecule has 62 valence electrons. The molecule has 0 aromatic carbocycles. The summed E-state index contributed by atoms with van der Waals surface area (Å²) in [4.78, 5) is 0. The van der Waals surface area contributed by atoms with Crippen LogP contribution in [0.4, 0.5) is 13.2 Å². The summed E-state index contributed by atoms with van der Waals surface area (Å²) in [5, 5.41) is 11.0. The van der Waals surface area contributed by atoms with Crippen LogP contribution in [-0.4, -0.2) is 17.5 Å². The van der Waals surface area contributed by atoms with E-state index < -0.39 is 18.0 Å². The van der Waals surface area contributed by atoms with Crippen molar-refractivity contribution >= 4 is 0 Å². The predicted molar refractivity (Wildman–Crippen MR) is 32.4 cm³/mol. The number of rotatable bonds is 0. The van der Waals surface area contributed by atoms with Crippen LogP contribution in [0, 0.1) is 0 Å². The lowest BCUT2D eigenvalue weighted by Gasteiger charge is -2.15. The molecule has 0 fully saturated rings.